The maximum absolute atomic E-state index is 12.7. The second-order valence-electron chi connectivity index (χ2n) is 3.35. The van der Waals surface area contributed by atoms with E-state index in [4.69, 9.17) is 0 Å². The van der Waals surface area contributed by atoms with Crippen LogP contribution in [0.5, 0.6) is 5.88 Å². The first-order chi connectivity index (χ1) is 8.97. The van der Waals surface area contributed by atoms with Gasteiger partial charge in [-0.2, -0.15) is 13.2 Å². The second-order valence-corrected chi connectivity index (χ2v) is 3.91. The normalized spacial score (nSPS) is 12.9. The molecule has 0 atom stereocenters. The fraction of sp³-hybridized carbons (Fsp3) is 0.444. The zero-order chi connectivity index (χ0) is 15.7. The Hall–Kier alpha value is -1.13. The van der Waals surface area contributed by atoms with E-state index in [1.807, 2.05) is 0 Å². The second kappa shape index (κ2) is 5.70. The van der Waals surface area contributed by atoms with E-state index >= 15 is 0 Å². The Balaban J connectivity index is 3.50. The predicted octanol–water partition coefficient (Wildman–Crippen LogP) is 4.83. The first-order valence-electron chi connectivity index (χ1n) is 4.66. The lowest BCUT2D eigenvalue weighted by Crippen LogP contribution is -2.21. The van der Waals surface area contributed by atoms with Crippen LogP contribution in [0, 0.1) is 0 Å². The van der Waals surface area contributed by atoms with Crippen LogP contribution in [0.25, 0.3) is 0 Å². The molecule has 1 heterocycles. The van der Waals surface area contributed by atoms with Gasteiger partial charge in [0.25, 0.3) is 6.43 Å². The molecule has 0 aromatic carbocycles. The minimum Gasteiger partial charge on any atom is -0.387 e. The molecular formula is C9H4BrF8NO. The van der Waals surface area contributed by atoms with E-state index in [1.54, 1.807) is 0 Å². The number of ether oxygens (including phenoxy) is 1. The van der Waals surface area contributed by atoms with Gasteiger partial charge in [-0.3, -0.25) is 0 Å². The summed E-state index contributed by atoms with van der Waals surface area (Å²) in [5.74, 6) is -1.60. The van der Waals surface area contributed by atoms with E-state index in [0.29, 0.717) is 0 Å². The fourth-order valence-electron chi connectivity index (χ4n) is 1.35. The van der Waals surface area contributed by atoms with Crippen molar-refractivity contribution in [2.45, 2.75) is 24.3 Å². The third-order valence-electron chi connectivity index (χ3n) is 2.06. The van der Waals surface area contributed by atoms with Gasteiger partial charge < -0.3 is 4.74 Å². The molecule has 0 fully saturated rings. The summed E-state index contributed by atoms with van der Waals surface area (Å²) in [5, 5.41) is -0.738. The van der Waals surface area contributed by atoms with Gasteiger partial charge >= 0.3 is 12.5 Å². The first kappa shape index (κ1) is 16.9. The number of hydrogen-bond acceptors (Lipinski definition) is 2. The lowest BCUT2D eigenvalue weighted by molar-refractivity contribution is -0.276. The first-order valence-corrected chi connectivity index (χ1v) is 5.78. The van der Waals surface area contributed by atoms with Crippen LogP contribution < -0.4 is 4.74 Å². The van der Waals surface area contributed by atoms with Crippen molar-refractivity contribution in [3.05, 3.63) is 22.9 Å². The van der Waals surface area contributed by atoms with Crippen molar-refractivity contribution in [2.75, 3.05) is 0 Å². The third-order valence-corrected chi connectivity index (χ3v) is 2.62. The van der Waals surface area contributed by atoms with Gasteiger partial charge in [-0.25, -0.2) is 13.8 Å². The molecule has 1 aromatic heterocycles. The van der Waals surface area contributed by atoms with Crippen molar-refractivity contribution in [1.29, 1.82) is 0 Å². The van der Waals surface area contributed by atoms with Crippen LogP contribution in [0.3, 0.4) is 0 Å². The van der Waals surface area contributed by atoms with Gasteiger partial charge in [-0.1, -0.05) is 15.9 Å². The van der Waals surface area contributed by atoms with E-state index in [0.717, 1.165) is 0 Å². The lowest BCUT2D eigenvalue weighted by atomic mass is 10.1. The van der Waals surface area contributed by atoms with E-state index in [-0.39, 0.29) is 6.20 Å². The molecule has 0 unspecified atom stereocenters. The molecule has 1 rings (SSSR count). The molecule has 1 aromatic rings. The average molecular weight is 374 g/mol. The molecule has 2 nitrogen and oxygen atoms in total. The van der Waals surface area contributed by atoms with Crippen molar-refractivity contribution < 1.29 is 39.9 Å². The largest absolute Gasteiger partial charge is 0.574 e. The van der Waals surface area contributed by atoms with Gasteiger partial charge in [0.15, 0.2) is 0 Å². The van der Waals surface area contributed by atoms with Crippen LogP contribution in [0.15, 0.2) is 6.20 Å². The maximum atomic E-state index is 12.7. The zero-order valence-electron chi connectivity index (χ0n) is 9.12. The molecule has 20 heavy (non-hydrogen) atoms. The van der Waals surface area contributed by atoms with E-state index in [1.165, 1.54) is 0 Å². The number of nitrogens with zero attached hydrogens (tertiary/aromatic N) is 1. The molecule has 0 spiro atoms. The fourth-order valence-corrected chi connectivity index (χ4v) is 1.95. The van der Waals surface area contributed by atoms with Crippen LogP contribution in [0.1, 0.15) is 23.1 Å². The topological polar surface area (TPSA) is 22.1 Å². The summed E-state index contributed by atoms with van der Waals surface area (Å²) in [7, 11) is 0. The Bertz CT molecular complexity index is 484. The maximum Gasteiger partial charge on any atom is 0.574 e. The highest BCUT2D eigenvalue weighted by Gasteiger charge is 2.40. The Morgan fingerprint density at radius 2 is 1.70 bits per heavy atom. The molecule has 114 valence electrons. The molecule has 0 aliphatic carbocycles. The summed E-state index contributed by atoms with van der Waals surface area (Å²) in [4.78, 5) is 2.70. The summed E-state index contributed by atoms with van der Waals surface area (Å²) in [5.41, 5.74) is -4.16. The number of hydrogen-bond donors (Lipinski definition) is 0. The van der Waals surface area contributed by atoms with E-state index in [9.17, 15) is 35.1 Å². The Kier molecular flexibility index (Phi) is 4.82. The molecule has 0 N–H and O–H groups in total. The van der Waals surface area contributed by atoms with Gasteiger partial charge in [0.1, 0.15) is 0 Å². The monoisotopic (exact) mass is 373 g/mol. The summed E-state index contributed by atoms with van der Waals surface area (Å²) < 4.78 is 102. The smallest absolute Gasteiger partial charge is 0.387 e. The quantitative estimate of drug-likeness (QED) is 0.559. The standard InChI is InChI=1S/C9H4BrF8NO/c10-1-3-4(8(13,14)15)2-19-7(5(3)6(11)12)20-9(16,17)18/h2,6H,1H2. The van der Waals surface area contributed by atoms with Crippen molar-refractivity contribution in [2.24, 2.45) is 0 Å². The summed E-state index contributed by atoms with van der Waals surface area (Å²) in [6.45, 7) is 0. The van der Waals surface area contributed by atoms with Gasteiger partial charge in [0.2, 0.25) is 5.88 Å². The molecule has 0 saturated heterocycles. The summed E-state index contributed by atoms with van der Waals surface area (Å²) >= 11 is 2.54. The highest BCUT2D eigenvalue weighted by Crippen LogP contribution is 2.41. The SMILES string of the molecule is FC(F)c1c(OC(F)(F)F)ncc(C(F)(F)F)c1CBr. The van der Waals surface area contributed by atoms with Crippen LogP contribution >= 0.6 is 15.9 Å². The number of rotatable bonds is 3. The van der Waals surface area contributed by atoms with E-state index < -0.39 is 46.9 Å². The van der Waals surface area contributed by atoms with Crippen LogP contribution in [0.4, 0.5) is 35.1 Å². The molecule has 0 bridgehead atoms. The molecule has 0 aliphatic rings. The third kappa shape index (κ3) is 3.93. The van der Waals surface area contributed by atoms with Crippen LogP contribution in [-0.2, 0) is 11.5 Å². The number of alkyl halides is 9. The average Bonchev–Trinajstić information content (AvgIpc) is 2.23. The highest BCUT2D eigenvalue weighted by atomic mass is 79.9. The van der Waals surface area contributed by atoms with Crippen molar-refractivity contribution >= 4 is 15.9 Å². The van der Waals surface area contributed by atoms with Crippen LogP contribution in [0.2, 0.25) is 0 Å². The lowest BCUT2D eigenvalue weighted by Gasteiger charge is -2.18. The predicted molar refractivity (Wildman–Crippen MR) is 53.5 cm³/mol. The van der Waals surface area contributed by atoms with Crippen LogP contribution in [-0.4, -0.2) is 11.3 Å². The number of aromatic nitrogens is 1. The van der Waals surface area contributed by atoms with Crippen molar-refractivity contribution in [3.63, 3.8) is 0 Å². The molecule has 0 radical (unpaired) electrons. The summed E-state index contributed by atoms with van der Waals surface area (Å²) in [6, 6.07) is 0. The Morgan fingerprint density at radius 3 is 2.05 bits per heavy atom. The molecule has 0 amide bonds. The van der Waals surface area contributed by atoms with Crippen molar-refractivity contribution in [3.8, 4) is 5.88 Å². The van der Waals surface area contributed by atoms with Gasteiger partial charge in [-0.05, 0) is 5.56 Å². The molecule has 0 aliphatic heterocycles. The number of pyridine rings is 1. The Labute approximate surface area is 114 Å². The molecule has 11 heteroatoms. The minimum atomic E-state index is -5.35. The summed E-state index contributed by atoms with van der Waals surface area (Å²) in [6.07, 6.45) is -14.0. The van der Waals surface area contributed by atoms with Gasteiger partial charge in [-0.15, -0.1) is 13.2 Å². The molecule has 0 saturated carbocycles. The van der Waals surface area contributed by atoms with Gasteiger partial charge in [0, 0.05) is 11.5 Å². The Morgan fingerprint density at radius 1 is 1.15 bits per heavy atom. The van der Waals surface area contributed by atoms with Gasteiger partial charge in [0.05, 0.1) is 11.1 Å². The minimum absolute atomic E-state index is 0.0174. The zero-order valence-corrected chi connectivity index (χ0v) is 10.7. The van der Waals surface area contributed by atoms with Crippen molar-refractivity contribution in [1.82, 2.24) is 4.98 Å². The molecular weight excluding hydrogens is 370 g/mol. The number of halogens is 9. The van der Waals surface area contributed by atoms with E-state index in [2.05, 4.69) is 25.7 Å². The highest BCUT2D eigenvalue weighted by molar-refractivity contribution is 9.08.